The van der Waals surface area contributed by atoms with E-state index in [1.807, 2.05) is 0 Å². The van der Waals surface area contributed by atoms with Gasteiger partial charge in [-0.2, -0.15) is 0 Å². The van der Waals surface area contributed by atoms with E-state index in [1.165, 1.54) is 0 Å². The lowest BCUT2D eigenvalue weighted by atomic mass is 10.0. The van der Waals surface area contributed by atoms with Crippen molar-refractivity contribution in [1.82, 2.24) is 0 Å². The predicted molar refractivity (Wildman–Crippen MR) is 81.7 cm³/mol. The van der Waals surface area contributed by atoms with E-state index in [-0.39, 0.29) is 32.5 Å². The van der Waals surface area contributed by atoms with E-state index >= 15 is 0 Å². The van der Waals surface area contributed by atoms with Gasteiger partial charge in [0.05, 0.1) is 33.2 Å². The second-order valence-corrected chi connectivity index (χ2v) is 7.98. The Morgan fingerprint density at radius 3 is 2.38 bits per heavy atom. The maximum absolute atomic E-state index is 12.1. The zero-order valence-electron chi connectivity index (χ0n) is 10.7. The lowest BCUT2D eigenvalue weighted by Crippen LogP contribution is -2.30. The minimum absolute atomic E-state index is 0.00630. The van der Waals surface area contributed by atoms with E-state index in [9.17, 15) is 13.2 Å². The zero-order chi connectivity index (χ0) is 15.6. The highest BCUT2D eigenvalue weighted by atomic mass is 35.7. The highest BCUT2D eigenvalue weighted by Crippen LogP contribution is 2.35. The first-order valence-electron chi connectivity index (χ1n) is 6.11. The summed E-state index contributed by atoms with van der Waals surface area (Å²) in [5.41, 5.74) is 0.165. The summed E-state index contributed by atoms with van der Waals surface area (Å²) < 4.78 is 27.8. The lowest BCUT2D eigenvalue weighted by molar-refractivity contribution is -0.123. The molecule has 1 aromatic carbocycles. The number of nitrogens with one attached hydrogen (secondary N) is 1. The van der Waals surface area contributed by atoms with Crippen molar-refractivity contribution in [2.45, 2.75) is 17.7 Å². The molecule has 1 atom stereocenters. The maximum atomic E-state index is 12.1. The van der Waals surface area contributed by atoms with Gasteiger partial charge in [-0.15, -0.1) is 0 Å². The smallest absolute Gasteiger partial charge is 0.261 e. The molecule has 0 spiro atoms. The van der Waals surface area contributed by atoms with E-state index < -0.39 is 9.05 Å². The van der Waals surface area contributed by atoms with Crippen molar-refractivity contribution in [3.8, 4) is 0 Å². The van der Waals surface area contributed by atoms with Gasteiger partial charge in [-0.05, 0) is 25.0 Å². The van der Waals surface area contributed by atoms with Crippen molar-refractivity contribution < 1.29 is 17.9 Å². The van der Waals surface area contributed by atoms with E-state index in [1.54, 1.807) is 0 Å². The molecule has 1 aromatic rings. The molecule has 1 aliphatic rings. The van der Waals surface area contributed by atoms with Crippen LogP contribution in [-0.2, 0) is 18.6 Å². The number of hydrogen-bond donors (Lipinski definition) is 1. The molecule has 1 amide bonds. The van der Waals surface area contributed by atoms with Crippen molar-refractivity contribution in [3.05, 3.63) is 22.2 Å². The van der Waals surface area contributed by atoms with Crippen LogP contribution in [-0.4, -0.2) is 27.5 Å². The van der Waals surface area contributed by atoms with Gasteiger partial charge >= 0.3 is 0 Å². The molecule has 5 nitrogen and oxygen atoms in total. The molecule has 0 bridgehead atoms. The Bertz CT molecular complexity index is 633. The molecule has 9 heteroatoms. The van der Waals surface area contributed by atoms with Gasteiger partial charge < -0.3 is 10.1 Å². The fourth-order valence-electron chi connectivity index (χ4n) is 1.98. The normalized spacial score (nSPS) is 19.3. The Morgan fingerprint density at radius 1 is 1.29 bits per heavy atom. The van der Waals surface area contributed by atoms with Crippen LogP contribution in [0.4, 0.5) is 5.69 Å². The van der Waals surface area contributed by atoms with E-state index in [0.717, 1.165) is 25.0 Å². The van der Waals surface area contributed by atoms with Crippen LogP contribution in [0.25, 0.3) is 0 Å². The summed E-state index contributed by atoms with van der Waals surface area (Å²) in [6.45, 7) is 0.989. The molecule has 1 unspecified atom stereocenters. The Balaban J connectivity index is 2.22. The highest BCUT2D eigenvalue weighted by Gasteiger charge is 2.24. The van der Waals surface area contributed by atoms with Gasteiger partial charge in [0.15, 0.2) is 0 Å². The van der Waals surface area contributed by atoms with E-state index in [0.29, 0.717) is 13.2 Å². The number of amides is 1. The van der Waals surface area contributed by atoms with Gasteiger partial charge in [0.1, 0.15) is 0 Å². The third-order valence-corrected chi connectivity index (χ3v) is 5.01. The molecule has 1 fully saturated rings. The SMILES string of the molecule is O=C(Nc1c(Cl)cc(S(=O)(=O)Cl)cc1Cl)C1CCCOC1. The van der Waals surface area contributed by atoms with Gasteiger partial charge in [-0.25, -0.2) is 8.42 Å². The molecule has 1 saturated heterocycles. The number of carbonyl (C=O) groups is 1. The fourth-order valence-corrected chi connectivity index (χ4v) is 3.48. The van der Waals surface area contributed by atoms with Crippen LogP contribution in [0.5, 0.6) is 0 Å². The molecule has 0 radical (unpaired) electrons. The zero-order valence-corrected chi connectivity index (χ0v) is 13.8. The topological polar surface area (TPSA) is 72.5 Å². The monoisotopic (exact) mass is 371 g/mol. The fraction of sp³-hybridized carbons (Fsp3) is 0.417. The van der Waals surface area contributed by atoms with Gasteiger partial charge in [-0.3, -0.25) is 4.79 Å². The summed E-state index contributed by atoms with van der Waals surface area (Å²) in [7, 11) is 1.29. The Morgan fingerprint density at radius 2 is 1.90 bits per heavy atom. The first kappa shape index (κ1) is 16.8. The van der Waals surface area contributed by atoms with Gasteiger partial charge in [0, 0.05) is 17.3 Å². The van der Waals surface area contributed by atoms with Crippen LogP contribution in [0, 0.1) is 5.92 Å². The molecule has 1 N–H and O–H groups in total. The Labute approximate surface area is 136 Å². The average Bonchev–Trinajstić information content (AvgIpc) is 2.42. The standard InChI is InChI=1S/C12H12Cl3NO4S/c13-9-4-8(21(15,18)19)5-10(14)11(9)16-12(17)7-2-1-3-20-6-7/h4-5,7H,1-3,6H2,(H,16,17). The summed E-state index contributed by atoms with van der Waals surface area (Å²) in [5, 5.41) is 2.62. The van der Waals surface area contributed by atoms with Crippen molar-refractivity contribution >= 4 is 54.5 Å². The average molecular weight is 373 g/mol. The second kappa shape index (κ2) is 6.71. The molecule has 1 heterocycles. The first-order chi connectivity index (χ1) is 9.79. The summed E-state index contributed by atoms with van der Waals surface area (Å²) in [6.07, 6.45) is 1.53. The largest absolute Gasteiger partial charge is 0.381 e. The van der Waals surface area contributed by atoms with Crippen LogP contribution in [0.1, 0.15) is 12.8 Å². The minimum atomic E-state index is -3.94. The van der Waals surface area contributed by atoms with Crippen molar-refractivity contribution in [1.29, 1.82) is 0 Å². The molecular weight excluding hydrogens is 361 g/mol. The summed E-state index contributed by atoms with van der Waals surface area (Å²) in [5.74, 6) is -0.540. The number of hydrogen-bond acceptors (Lipinski definition) is 4. The molecular formula is C12H12Cl3NO4S. The summed E-state index contributed by atoms with van der Waals surface area (Å²) in [6, 6.07) is 2.28. The second-order valence-electron chi connectivity index (χ2n) is 4.60. The van der Waals surface area contributed by atoms with Crippen molar-refractivity contribution in [2.75, 3.05) is 18.5 Å². The third kappa shape index (κ3) is 4.23. The van der Waals surface area contributed by atoms with Crippen LogP contribution in [0.3, 0.4) is 0 Å². The van der Waals surface area contributed by atoms with E-state index in [2.05, 4.69) is 5.32 Å². The molecule has 1 aliphatic heterocycles. The molecule has 0 aromatic heterocycles. The molecule has 2 rings (SSSR count). The van der Waals surface area contributed by atoms with Crippen LogP contribution in [0.2, 0.25) is 10.0 Å². The third-order valence-electron chi connectivity index (χ3n) is 3.08. The minimum Gasteiger partial charge on any atom is -0.381 e. The number of ether oxygens (including phenoxy) is 1. The summed E-state index contributed by atoms with van der Waals surface area (Å²) >= 11 is 11.9. The van der Waals surface area contributed by atoms with Gasteiger partial charge in [-0.1, -0.05) is 23.2 Å². The quantitative estimate of drug-likeness (QED) is 0.826. The first-order valence-corrected chi connectivity index (χ1v) is 9.18. The van der Waals surface area contributed by atoms with Gasteiger partial charge in [0.2, 0.25) is 5.91 Å². The van der Waals surface area contributed by atoms with Crippen LogP contribution in [0.15, 0.2) is 17.0 Å². The van der Waals surface area contributed by atoms with Crippen molar-refractivity contribution in [2.24, 2.45) is 5.92 Å². The number of halogens is 3. The molecule has 0 saturated carbocycles. The molecule has 116 valence electrons. The van der Waals surface area contributed by atoms with Gasteiger partial charge in [0.25, 0.3) is 9.05 Å². The Hall–Kier alpha value is -0.530. The molecule has 0 aliphatic carbocycles. The van der Waals surface area contributed by atoms with E-state index in [4.69, 9.17) is 38.6 Å². The predicted octanol–water partition coefficient (Wildman–Crippen LogP) is 3.29. The number of carbonyl (C=O) groups excluding carboxylic acids is 1. The number of benzene rings is 1. The van der Waals surface area contributed by atoms with Crippen LogP contribution >= 0.6 is 33.9 Å². The maximum Gasteiger partial charge on any atom is 0.261 e. The number of rotatable bonds is 3. The van der Waals surface area contributed by atoms with Crippen molar-refractivity contribution in [3.63, 3.8) is 0 Å². The van der Waals surface area contributed by atoms with Crippen LogP contribution < -0.4 is 5.32 Å². The lowest BCUT2D eigenvalue weighted by Gasteiger charge is -2.22. The highest BCUT2D eigenvalue weighted by molar-refractivity contribution is 8.13. The summed E-state index contributed by atoms with van der Waals surface area (Å²) in [4.78, 5) is 11.9. The Kier molecular flexibility index (Phi) is 5.38. The molecule has 21 heavy (non-hydrogen) atoms. The number of anilines is 1.